The van der Waals surface area contributed by atoms with Crippen LogP contribution in [0.4, 0.5) is 5.69 Å². The predicted octanol–water partition coefficient (Wildman–Crippen LogP) is 4.58. The van der Waals surface area contributed by atoms with Crippen molar-refractivity contribution in [1.29, 1.82) is 0 Å². The Morgan fingerprint density at radius 2 is 1.94 bits per heavy atom. The van der Waals surface area contributed by atoms with Crippen LogP contribution >= 0.6 is 11.3 Å². The highest BCUT2D eigenvalue weighted by molar-refractivity contribution is 7.90. The van der Waals surface area contributed by atoms with Crippen LogP contribution in [-0.2, 0) is 21.2 Å². The van der Waals surface area contributed by atoms with E-state index in [1.165, 1.54) is 23.5 Å². The van der Waals surface area contributed by atoms with E-state index < -0.39 is 10.0 Å². The van der Waals surface area contributed by atoms with Crippen molar-refractivity contribution < 1.29 is 13.2 Å². The zero-order valence-corrected chi connectivity index (χ0v) is 20.0. The van der Waals surface area contributed by atoms with Gasteiger partial charge in [-0.25, -0.2) is 4.98 Å². The molecule has 1 amide bonds. The van der Waals surface area contributed by atoms with Crippen LogP contribution in [0, 0.1) is 0 Å². The first-order valence-corrected chi connectivity index (χ1v) is 13.2. The number of hydrogen-bond acceptors (Lipinski definition) is 5. The summed E-state index contributed by atoms with van der Waals surface area (Å²) in [5.74, 6) is 0.323. The molecule has 0 bridgehead atoms. The topological polar surface area (TPSA) is 91.7 Å². The fourth-order valence-electron chi connectivity index (χ4n) is 3.64. The van der Waals surface area contributed by atoms with Crippen LogP contribution in [-0.4, -0.2) is 43.6 Å². The summed E-state index contributed by atoms with van der Waals surface area (Å²) in [5.41, 5.74) is 2.09. The summed E-state index contributed by atoms with van der Waals surface area (Å²) in [5, 5.41) is 5.50. The number of nitrogens with zero attached hydrogens (tertiary/aromatic N) is 3. The van der Waals surface area contributed by atoms with Crippen molar-refractivity contribution in [3.63, 3.8) is 0 Å². The molecule has 1 aliphatic heterocycles. The van der Waals surface area contributed by atoms with Crippen molar-refractivity contribution in [2.75, 3.05) is 18.9 Å². The van der Waals surface area contributed by atoms with Gasteiger partial charge in [0.05, 0.1) is 17.0 Å². The second kappa shape index (κ2) is 10.3. The third-order valence-electron chi connectivity index (χ3n) is 5.39. The Balaban J connectivity index is 1.44. The number of carbonyl (C=O) groups is 1. The van der Waals surface area contributed by atoms with Gasteiger partial charge in [-0.1, -0.05) is 42.8 Å². The highest BCUT2D eigenvalue weighted by Gasteiger charge is 2.19. The van der Waals surface area contributed by atoms with Crippen LogP contribution in [0.2, 0.25) is 0 Å². The molecule has 1 N–H and O–H groups in total. The maximum atomic E-state index is 12.9. The normalized spacial score (nSPS) is 15.9. The van der Waals surface area contributed by atoms with E-state index >= 15 is 0 Å². The van der Waals surface area contributed by atoms with Crippen molar-refractivity contribution in [3.8, 4) is 10.6 Å². The van der Waals surface area contributed by atoms with Gasteiger partial charge < -0.3 is 10.2 Å². The average molecular weight is 483 g/mol. The fraction of sp³-hybridized carbons (Fsp3) is 0.292. The minimum absolute atomic E-state index is 0.0606. The van der Waals surface area contributed by atoms with Crippen LogP contribution in [0.1, 0.15) is 31.4 Å². The SMILES string of the molecule is CN1CCCCC/C1=N\S(=O)(=O)c1cccc(NC(=O)Cc2csc(-c3ccccc3)n2)c1. The first-order chi connectivity index (χ1) is 15.9. The quantitative estimate of drug-likeness (QED) is 0.555. The molecule has 33 heavy (non-hydrogen) atoms. The molecule has 1 aromatic heterocycles. The lowest BCUT2D eigenvalue weighted by Gasteiger charge is -2.17. The summed E-state index contributed by atoms with van der Waals surface area (Å²) >= 11 is 1.49. The Morgan fingerprint density at radius 3 is 2.76 bits per heavy atom. The number of amides is 1. The zero-order valence-electron chi connectivity index (χ0n) is 18.4. The molecule has 1 fully saturated rings. The van der Waals surface area contributed by atoms with E-state index in [4.69, 9.17) is 0 Å². The molecule has 0 spiro atoms. The van der Waals surface area contributed by atoms with Gasteiger partial charge in [-0.15, -0.1) is 15.7 Å². The van der Waals surface area contributed by atoms with Crippen molar-refractivity contribution in [3.05, 3.63) is 65.7 Å². The first-order valence-electron chi connectivity index (χ1n) is 10.9. The number of hydrogen-bond donors (Lipinski definition) is 1. The molecule has 9 heteroatoms. The molecule has 0 aliphatic carbocycles. The summed E-state index contributed by atoms with van der Waals surface area (Å²) < 4.78 is 29.9. The summed E-state index contributed by atoms with van der Waals surface area (Å²) in [6.07, 6.45) is 3.77. The summed E-state index contributed by atoms with van der Waals surface area (Å²) in [6, 6.07) is 16.0. The van der Waals surface area contributed by atoms with E-state index in [2.05, 4.69) is 14.7 Å². The van der Waals surface area contributed by atoms with Crippen molar-refractivity contribution in [2.24, 2.45) is 4.40 Å². The van der Waals surface area contributed by atoms with Crippen LogP contribution in [0.5, 0.6) is 0 Å². The third kappa shape index (κ3) is 6.06. The van der Waals surface area contributed by atoms with Gasteiger partial charge in [0.15, 0.2) is 0 Å². The van der Waals surface area contributed by atoms with E-state index in [1.807, 2.05) is 47.7 Å². The monoisotopic (exact) mass is 482 g/mol. The Morgan fingerprint density at radius 1 is 1.12 bits per heavy atom. The van der Waals surface area contributed by atoms with Crippen molar-refractivity contribution >= 4 is 38.8 Å². The molecule has 0 unspecified atom stereocenters. The molecule has 4 rings (SSSR count). The van der Waals surface area contributed by atoms with Gasteiger partial charge in [0, 0.05) is 36.6 Å². The number of anilines is 1. The fourth-order valence-corrected chi connectivity index (χ4v) is 5.61. The molecule has 1 aliphatic rings. The number of carbonyl (C=O) groups excluding carboxylic acids is 1. The Bertz CT molecular complexity index is 1250. The van der Waals surface area contributed by atoms with Crippen LogP contribution in [0.15, 0.2) is 69.3 Å². The number of nitrogens with one attached hydrogen (secondary N) is 1. The van der Waals surface area contributed by atoms with Crippen LogP contribution in [0.3, 0.4) is 0 Å². The predicted molar refractivity (Wildman–Crippen MR) is 132 cm³/mol. The van der Waals surface area contributed by atoms with Crippen LogP contribution < -0.4 is 5.32 Å². The molecule has 0 radical (unpaired) electrons. The Kier molecular flexibility index (Phi) is 7.20. The number of benzene rings is 2. The maximum absolute atomic E-state index is 12.9. The number of rotatable bonds is 6. The molecule has 7 nitrogen and oxygen atoms in total. The molecular formula is C24H26N4O3S2. The van der Waals surface area contributed by atoms with E-state index in [1.54, 1.807) is 12.1 Å². The molecule has 3 aromatic rings. The molecule has 0 saturated carbocycles. The third-order valence-corrected chi connectivity index (χ3v) is 7.63. The van der Waals surface area contributed by atoms with Gasteiger partial charge in [-0.2, -0.15) is 8.42 Å². The number of thiazole rings is 1. The second-order valence-electron chi connectivity index (χ2n) is 7.98. The molecule has 2 heterocycles. The number of aromatic nitrogens is 1. The molecule has 2 aromatic carbocycles. The van der Waals surface area contributed by atoms with E-state index in [0.717, 1.165) is 36.4 Å². The largest absolute Gasteiger partial charge is 0.362 e. The lowest BCUT2D eigenvalue weighted by atomic mass is 10.2. The lowest BCUT2D eigenvalue weighted by molar-refractivity contribution is -0.115. The Labute approximate surface area is 198 Å². The van der Waals surface area contributed by atoms with Crippen molar-refractivity contribution in [2.45, 2.75) is 37.0 Å². The second-order valence-corrected chi connectivity index (χ2v) is 10.4. The summed E-state index contributed by atoms with van der Waals surface area (Å²) in [4.78, 5) is 19.1. The zero-order chi connectivity index (χ0) is 23.3. The van der Waals surface area contributed by atoms with Gasteiger partial charge >= 0.3 is 0 Å². The number of likely N-dealkylation sites (tertiary alicyclic amines) is 1. The highest BCUT2D eigenvalue weighted by atomic mass is 32.2. The minimum Gasteiger partial charge on any atom is -0.362 e. The average Bonchev–Trinajstić information content (AvgIpc) is 3.17. The maximum Gasteiger partial charge on any atom is 0.284 e. The summed E-state index contributed by atoms with van der Waals surface area (Å²) in [6.45, 7) is 0.799. The standard InChI is InChI=1S/C24H26N4O3S2/c1-28-14-7-3-6-13-22(28)27-33(30,31)21-12-8-11-19(15-21)25-23(29)16-20-17-32-24(26-20)18-9-4-2-5-10-18/h2,4-5,8-12,15,17H,3,6-7,13-14,16H2,1H3,(H,25,29)/b27-22+. The minimum atomic E-state index is -3.87. The van der Waals surface area contributed by atoms with E-state index in [9.17, 15) is 13.2 Å². The molecule has 1 saturated heterocycles. The van der Waals surface area contributed by atoms with Gasteiger partial charge in [0.1, 0.15) is 10.8 Å². The first kappa shape index (κ1) is 23.1. The molecule has 172 valence electrons. The highest BCUT2D eigenvalue weighted by Crippen LogP contribution is 2.24. The van der Waals surface area contributed by atoms with Gasteiger partial charge in [-0.3, -0.25) is 4.79 Å². The number of amidine groups is 1. The number of sulfonamides is 1. The van der Waals surface area contributed by atoms with Crippen molar-refractivity contribution in [1.82, 2.24) is 9.88 Å². The van der Waals surface area contributed by atoms with E-state index in [-0.39, 0.29) is 17.2 Å². The Hall–Kier alpha value is -3.04. The molecular weight excluding hydrogens is 456 g/mol. The van der Waals surface area contributed by atoms with Gasteiger partial charge in [0.25, 0.3) is 10.0 Å². The van der Waals surface area contributed by atoms with Gasteiger partial charge in [0.2, 0.25) is 5.91 Å². The van der Waals surface area contributed by atoms with E-state index in [0.29, 0.717) is 23.6 Å². The van der Waals surface area contributed by atoms with Gasteiger partial charge in [-0.05, 0) is 31.0 Å². The summed E-state index contributed by atoms with van der Waals surface area (Å²) in [7, 11) is -2.00. The molecule has 0 atom stereocenters. The van der Waals surface area contributed by atoms with Crippen LogP contribution in [0.25, 0.3) is 10.6 Å². The smallest absolute Gasteiger partial charge is 0.284 e. The lowest BCUT2D eigenvalue weighted by Crippen LogP contribution is -2.26.